The zero-order chi connectivity index (χ0) is 15.1. The molecule has 0 aromatic heterocycles. The number of ketones is 1. The van der Waals surface area contributed by atoms with Crippen molar-refractivity contribution in [3.05, 3.63) is 64.2 Å². The highest BCUT2D eigenvalue weighted by atomic mass is 35.5. The van der Waals surface area contributed by atoms with E-state index in [1.54, 1.807) is 24.3 Å². The molecule has 1 aliphatic heterocycles. The molecule has 6 heteroatoms. The van der Waals surface area contributed by atoms with E-state index >= 15 is 0 Å². The van der Waals surface area contributed by atoms with E-state index in [1.807, 2.05) is 0 Å². The molecule has 0 bridgehead atoms. The fourth-order valence-electron chi connectivity index (χ4n) is 2.30. The van der Waals surface area contributed by atoms with Gasteiger partial charge in [0.1, 0.15) is 11.6 Å². The van der Waals surface area contributed by atoms with Gasteiger partial charge >= 0.3 is 0 Å². The highest BCUT2D eigenvalue weighted by molar-refractivity contribution is 6.52. The largest absolute Gasteiger partial charge is 0.299 e. The van der Waals surface area contributed by atoms with Gasteiger partial charge in [-0.15, -0.1) is 0 Å². The minimum absolute atomic E-state index is 0.0996. The van der Waals surface area contributed by atoms with Crippen LogP contribution in [0.25, 0.3) is 0 Å². The van der Waals surface area contributed by atoms with Gasteiger partial charge in [-0.3, -0.25) is 14.5 Å². The van der Waals surface area contributed by atoms with Crippen molar-refractivity contribution >= 4 is 29.0 Å². The molecule has 0 fully saturated rings. The first-order chi connectivity index (χ1) is 10.0. The van der Waals surface area contributed by atoms with Crippen molar-refractivity contribution in [2.75, 3.05) is 4.90 Å². The van der Waals surface area contributed by atoms with Gasteiger partial charge < -0.3 is 0 Å². The molecule has 3 rings (SSSR count). The molecule has 106 valence electrons. The Morgan fingerprint density at radius 1 is 1.00 bits per heavy atom. The molecular weight excluding hydrogens is 300 g/mol. The number of carbonyl (C=O) groups excluding carboxylic acids is 2. The average Bonchev–Trinajstić information content (AvgIpc) is 2.71. The number of nitrogens with zero attached hydrogens (tertiary/aromatic N) is 1. The van der Waals surface area contributed by atoms with E-state index in [9.17, 15) is 18.4 Å². The van der Waals surface area contributed by atoms with Gasteiger partial charge in [-0.2, -0.15) is 0 Å². The minimum atomic E-state index is -1.05. The lowest BCUT2D eigenvalue weighted by Gasteiger charge is -2.17. The summed E-state index contributed by atoms with van der Waals surface area (Å²) in [5, 5.41) is 0.378. The van der Waals surface area contributed by atoms with Crippen LogP contribution in [0.4, 0.5) is 14.5 Å². The van der Waals surface area contributed by atoms with Crippen molar-refractivity contribution in [3.8, 4) is 0 Å². The molecule has 0 radical (unpaired) electrons. The van der Waals surface area contributed by atoms with E-state index in [1.165, 1.54) is 0 Å². The van der Waals surface area contributed by atoms with Crippen LogP contribution >= 0.6 is 11.6 Å². The quantitative estimate of drug-likeness (QED) is 0.798. The normalized spacial score (nSPS) is 13.8. The van der Waals surface area contributed by atoms with E-state index in [0.717, 1.165) is 17.0 Å². The van der Waals surface area contributed by atoms with E-state index in [-0.39, 0.29) is 12.2 Å². The van der Waals surface area contributed by atoms with Gasteiger partial charge in [-0.05, 0) is 23.8 Å². The van der Waals surface area contributed by atoms with Crippen LogP contribution in [0, 0.1) is 11.6 Å². The van der Waals surface area contributed by atoms with Crippen LogP contribution in [0.3, 0.4) is 0 Å². The average molecular weight is 308 g/mol. The number of fused-ring (bicyclic) bond motifs is 1. The lowest BCUT2D eigenvalue weighted by molar-refractivity contribution is -0.114. The lowest BCUT2D eigenvalue weighted by Crippen LogP contribution is -2.29. The van der Waals surface area contributed by atoms with Crippen molar-refractivity contribution < 1.29 is 18.4 Å². The first-order valence-corrected chi connectivity index (χ1v) is 6.46. The van der Waals surface area contributed by atoms with Crippen LogP contribution in [-0.4, -0.2) is 11.7 Å². The summed E-state index contributed by atoms with van der Waals surface area (Å²) in [5.41, 5.74) is -0.311. The fraction of sp³-hybridized carbons (Fsp3) is 0.0667. The van der Waals surface area contributed by atoms with Gasteiger partial charge in [0.2, 0.25) is 0 Å². The number of carbonyl (C=O) groups is 2. The minimum Gasteiger partial charge on any atom is -0.297 e. The number of Topliss-reactive ketones (excluding diaryl/α,β-unsaturated/α-hetero) is 1. The van der Waals surface area contributed by atoms with E-state index in [4.69, 9.17) is 11.6 Å². The number of amides is 1. The highest BCUT2D eigenvalue weighted by Crippen LogP contribution is 2.35. The van der Waals surface area contributed by atoms with Gasteiger partial charge in [0.15, 0.2) is 0 Å². The van der Waals surface area contributed by atoms with Crippen molar-refractivity contribution in [2.45, 2.75) is 6.54 Å². The van der Waals surface area contributed by atoms with Crippen molar-refractivity contribution in [2.24, 2.45) is 0 Å². The molecule has 1 heterocycles. The number of hydrogen-bond acceptors (Lipinski definition) is 2. The Hall–Kier alpha value is -2.27. The zero-order valence-corrected chi connectivity index (χ0v) is 11.3. The summed E-state index contributed by atoms with van der Waals surface area (Å²) >= 11 is 5.99. The molecule has 0 spiro atoms. The second-order valence-corrected chi connectivity index (χ2v) is 4.97. The maximum Gasteiger partial charge on any atom is 0.299 e. The molecule has 0 atom stereocenters. The maximum absolute atomic E-state index is 13.9. The van der Waals surface area contributed by atoms with Crippen LogP contribution in [0.1, 0.15) is 15.9 Å². The Morgan fingerprint density at radius 3 is 2.38 bits per heavy atom. The molecule has 1 amide bonds. The highest BCUT2D eigenvalue weighted by Gasteiger charge is 2.40. The summed E-state index contributed by atoms with van der Waals surface area (Å²) in [6.07, 6.45) is 0. The summed E-state index contributed by atoms with van der Waals surface area (Å²) in [7, 11) is 0. The summed E-state index contributed by atoms with van der Waals surface area (Å²) < 4.78 is 27.6. The van der Waals surface area contributed by atoms with Crippen molar-refractivity contribution in [1.82, 2.24) is 0 Å². The standard InChI is InChI=1S/C15H8ClF2NO2/c16-9-4-2-1-3-8(9)7-19-13-11(18)6-5-10(17)12(13)14(20)15(19)21/h1-6H,7H2. The summed E-state index contributed by atoms with van der Waals surface area (Å²) in [4.78, 5) is 24.7. The van der Waals surface area contributed by atoms with Crippen LogP contribution in [0.5, 0.6) is 0 Å². The lowest BCUT2D eigenvalue weighted by atomic mass is 10.1. The van der Waals surface area contributed by atoms with Crippen molar-refractivity contribution in [3.63, 3.8) is 0 Å². The first kappa shape index (κ1) is 13.7. The number of benzene rings is 2. The Balaban J connectivity index is 2.10. The Morgan fingerprint density at radius 2 is 1.67 bits per heavy atom. The Labute approximate surface area is 123 Å². The third-order valence-electron chi connectivity index (χ3n) is 3.30. The molecule has 0 N–H and O–H groups in total. The number of rotatable bonds is 2. The summed E-state index contributed by atoms with van der Waals surface area (Å²) in [6, 6.07) is 8.39. The predicted octanol–water partition coefficient (Wildman–Crippen LogP) is 3.35. The first-order valence-electron chi connectivity index (χ1n) is 6.08. The molecule has 2 aromatic rings. The molecule has 0 saturated heterocycles. The monoisotopic (exact) mass is 307 g/mol. The molecular formula is C15H8ClF2NO2. The molecule has 2 aromatic carbocycles. The van der Waals surface area contributed by atoms with Crippen molar-refractivity contribution in [1.29, 1.82) is 0 Å². The van der Waals surface area contributed by atoms with Crippen LogP contribution < -0.4 is 4.90 Å². The van der Waals surface area contributed by atoms with Gasteiger partial charge in [-0.1, -0.05) is 29.8 Å². The summed E-state index contributed by atoms with van der Waals surface area (Å²) in [5.74, 6) is -3.74. The van der Waals surface area contributed by atoms with Gasteiger partial charge in [0.25, 0.3) is 11.7 Å². The summed E-state index contributed by atoms with van der Waals surface area (Å²) in [6.45, 7) is -0.0996. The SMILES string of the molecule is O=C1C(=O)N(Cc2ccccc2Cl)c2c(F)ccc(F)c21. The third-order valence-corrected chi connectivity index (χ3v) is 3.67. The third kappa shape index (κ3) is 2.10. The number of hydrogen-bond donors (Lipinski definition) is 0. The number of anilines is 1. The molecule has 21 heavy (non-hydrogen) atoms. The molecule has 0 unspecified atom stereocenters. The zero-order valence-electron chi connectivity index (χ0n) is 10.6. The molecule has 0 saturated carbocycles. The number of halogens is 3. The van der Waals surface area contributed by atoms with Gasteiger partial charge in [-0.25, -0.2) is 8.78 Å². The topological polar surface area (TPSA) is 37.4 Å². The van der Waals surface area contributed by atoms with Crippen LogP contribution in [0.15, 0.2) is 36.4 Å². The Bertz CT molecular complexity index is 776. The predicted molar refractivity (Wildman–Crippen MR) is 73.3 cm³/mol. The molecule has 1 aliphatic rings. The molecule has 3 nitrogen and oxygen atoms in total. The molecule has 0 aliphatic carbocycles. The smallest absolute Gasteiger partial charge is 0.297 e. The maximum atomic E-state index is 13.9. The second kappa shape index (κ2) is 4.93. The van der Waals surface area contributed by atoms with Crippen LogP contribution in [-0.2, 0) is 11.3 Å². The van der Waals surface area contributed by atoms with E-state index in [2.05, 4.69) is 0 Å². The second-order valence-electron chi connectivity index (χ2n) is 4.56. The fourth-order valence-corrected chi connectivity index (χ4v) is 2.50. The Kier molecular flexibility index (Phi) is 3.22. The van der Waals surface area contributed by atoms with E-state index in [0.29, 0.717) is 10.6 Å². The van der Waals surface area contributed by atoms with Gasteiger partial charge in [0, 0.05) is 5.02 Å². The van der Waals surface area contributed by atoms with Gasteiger partial charge in [0.05, 0.1) is 17.8 Å². The van der Waals surface area contributed by atoms with Crippen LogP contribution in [0.2, 0.25) is 5.02 Å². The van der Waals surface area contributed by atoms with E-state index < -0.39 is 28.9 Å².